The fourth-order valence-electron chi connectivity index (χ4n) is 2.39. The van der Waals surface area contributed by atoms with E-state index in [1.165, 1.54) is 13.1 Å². The predicted molar refractivity (Wildman–Crippen MR) is 82.8 cm³/mol. The van der Waals surface area contributed by atoms with Gasteiger partial charge in [0.15, 0.2) is 5.78 Å². The number of rotatable bonds is 2. The zero-order valence-electron chi connectivity index (χ0n) is 11.2. The fourth-order valence-corrected chi connectivity index (χ4v) is 2.55. The number of H-pyrrole nitrogens is 1. The van der Waals surface area contributed by atoms with Crippen LogP contribution in [-0.2, 0) is 0 Å². The van der Waals surface area contributed by atoms with E-state index in [0.717, 1.165) is 5.56 Å². The normalized spacial score (nSPS) is 10.8. The Hall–Kier alpha value is -2.46. The van der Waals surface area contributed by atoms with Gasteiger partial charge >= 0.3 is 0 Å². The lowest BCUT2D eigenvalue weighted by Crippen LogP contribution is -2.18. The van der Waals surface area contributed by atoms with Crippen LogP contribution in [0.4, 0.5) is 0 Å². The van der Waals surface area contributed by atoms with E-state index in [-0.39, 0.29) is 11.3 Å². The van der Waals surface area contributed by atoms with E-state index in [4.69, 9.17) is 11.6 Å². The molecule has 0 fully saturated rings. The molecule has 3 rings (SSSR count). The summed E-state index contributed by atoms with van der Waals surface area (Å²) in [6, 6.07) is 11.0. The van der Waals surface area contributed by atoms with Crippen LogP contribution in [-0.4, -0.2) is 15.8 Å². The summed E-state index contributed by atoms with van der Waals surface area (Å²) in [4.78, 5) is 30.9. The standard InChI is InChI=1S/C16H11ClN2O2/c1-9(20)13-14(10-5-3-2-4-6-10)12-7-11(17)8-18-15(12)19-16(13)21/h2-8H,1H3,(H,18,19,21). The van der Waals surface area contributed by atoms with Gasteiger partial charge in [0.1, 0.15) is 5.65 Å². The molecule has 2 heterocycles. The van der Waals surface area contributed by atoms with E-state index in [1.54, 1.807) is 6.07 Å². The minimum Gasteiger partial charge on any atom is -0.306 e. The number of hydrogen-bond acceptors (Lipinski definition) is 3. The number of aromatic nitrogens is 2. The van der Waals surface area contributed by atoms with E-state index in [0.29, 0.717) is 21.6 Å². The first-order valence-electron chi connectivity index (χ1n) is 6.36. The van der Waals surface area contributed by atoms with Crippen molar-refractivity contribution in [3.63, 3.8) is 0 Å². The minimum absolute atomic E-state index is 0.123. The van der Waals surface area contributed by atoms with Crippen LogP contribution in [0.25, 0.3) is 22.2 Å². The Morgan fingerprint density at radius 2 is 1.95 bits per heavy atom. The highest BCUT2D eigenvalue weighted by Crippen LogP contribution is 2.30. The third-order valence-corrected chi connectivity index (χ3v) is 3.45. The molecule has 5 heteroatoms. The maximum atomic E-state index is 12.2. The van der Waals surface area contributed by atoms with Gasteiger partial charge in [0.2, 0.25) is 0 Å². The molecule has 0 atom stereocenters. The van der Waals surface area contributed by atoms with Crippen LogP contribution >= 0.6 is 11.6 Å². The number of carbonyl (C=O) groups excluding carboxylic acids is 1. The lowest BCUT2D eigenvalue weighted by Gasteiger charge is -2.10. The largest absolute Gasteiger partial charge is 0.306 e. The molecule has 0 saturated carbocycles. The molecule has 104 valence electrons. The number of nitrogens with zero attached hydrogens (tertiary/aromatic N) is 1. The molecule has 0 unspecified atom stereocenters. The SMILES string of the molecule is CC(=O)c1c(-c2ccccc2)c2cc(Cl)cnc2[nH]c1=O. The van der Waals surface area contributed by atoms with E-state index in [9.17, 15) is 9.59 Å². The van der Waals surface area contributed by atoms with Crippen LogP contribution in [0.2, 0.25) is 5.02 Å². The van der Waals surface area contributed by atoms with Crippen molar-refractivity contribution in [2.75, 3.05) is 0 Å². The Balaban J connectivity index is 2.53. The molecule has 4 nitrogen and oxygen atoms in total. The number of ketones is 1. The Labute approximate surface area is 125 Å². The topological polar surface area (TPSA) is 62.8 Å². The molecule has 0 aliphatic heterocycles. The van der Waals surface area contributed by atoms with Crippen LogP contribution in [0, 0.1) is 0 Å². The Morgan fingerprint density at radius 1 is 1.24 bits per heavy atom. The molecule has 21 heavy (non-hydrogen) atoms. The van der Waals surface area contributed by atoms with E-state index >= 15 is 0 Å². The number of pyridine rings is 2. The number of hydrogen-bond donors (Lipinski definition) is 1. The van der Waals surface area contributed by atoms with Gasteiger partial charge in [0.05, 0.1) is 10.6 Å². The highest BCUT2D eigenvalue weighted by molar-refractivity contribution is 6.31. The number of aromatic amines is 1. The quantitative estimate of drug-likeness (QED) is 0.737. The fraction of sp³-hybridized carbons (Fsp3) is 0.0625. The summed E-state index contributed by atoms with van der Waals surface area (Å²) in [6.07, 6.45) is 1.46. The van der Waals surface area contributed by atoms with Crippen LogP contribution < -0.4 is 5.56 Å². The molecule has 0 radical (unpaired) electrons. The highest BCUT2D eigenvalue weighted by atomic mass is 35.5. The van der Waals surface area contributed by atoms with Gasteiger partial charge in [0.25, 0.3) is 5.56 Å². The van der Waals surface area contributed by atoms with Gasteiger partial charge in [-0.3, -0.25) is 9.59 Å². The van der Waals surface area contributed by atoms with Gasteiger partial charge in [-0.25, -0.2) is 4.98 Å². The van der Waals surface area contributed by atoms with Gasteiger partial charge in [0, 0.05) is 17.1 Å². The molecule has 2 aromatic heterocycles. The first-order valence-corrected chi connectivity index (χ1v) is 6.73. The summed E-state index contributed by atoms with van der Waals surface area (Å²) < 4.78 is 0. The second-order valence-corrected chi connectivity index (χ2v) is 5.11. The van der Waals surface area contributed by atoms with Gasteiger partial charge < -0.3 is 4.98 Å². The molecule has 0 amide bonds. The average molecular weight is 299 g/mol. The molecule has 0 aliphatic carbocycles. The summed E-state index contributed by atoms with van der Waals surface area (Å²) in [6.45, 7) is 1.38. The van der Waals surface area contributed by atoms with Crippen molar-refractivity contribution in [2.24, 2.45) is 0 Å². The van der Waals surface area contributed by atoms with Gasteiger partial charge in [-0.15, -0.1) is 0 Å². The molecule has 3 aromatic rings. The van der Waals surface area contributed by atoms with Crippen LogP contribution in [0.15, 0.2) is 47.4 Å². The first kappa shape index (κ1) is 13.5. The van der Waals surface area contributed by atoms with Gasteiger partial charge in [-0.2, -0.15) is 0 Å². The number of fused-ring (bicyclic) bond motifs is 1. The summed E-state index contributed by atoms with van der Waals surface area (Å²) in [5.74, 6) is -0.294. The summed E-state index contributed by atoms with van der Waals surface area (Å²) in [5.41, 5.74) is 1.44. The van der Waals surface area contributed by atoms with Crippen molar-refractivity contribution in [2.45, 2.75) is 6.92 Å². The number of carbonyl (C=O) groups is 1. The van der Waals surface area contributed by atoms with Crippen LogP contribution in [0.3, 0.4) is 0 Å². The van der Waals surface area contributed by atoms with E-state index in [2.05, 4.69) is 9.97 Å². The van der Waals surface area contributed by atoms with Crippen molar-refractivity contribution in [3.05, 3.63) is 63.5 Å². The van der Waals surface area contributed by atoms with Crippen molar-refractivity contribution >= 4 is 28.4 Å². The molecule has 0 aliphatic rings. The average Bonchev–Trinajstić information content (AvgIpc) is 2.47. The van der Waals surface area contributed by atoms with Gasteiger partial charge in [-0.1, -0.05) is 41.9 Å². The second-order valence-electron chi connectivity index (χ2n) is 4.68. The molecule has 0 bridgehead atoms. The van der Waals surface area contributed by atoms with E-state index in [1.807, 2.05) is 30.3 Å². The molecule has 0 spiro atoms. The zero-order chi connectivity index (χ0) is 15.0. The van der Waals surface area contributed by atoms with Crippen molar-refractivity contribution in [3.8, 4) is 11.1 Å². The number of nitrogens with one attached hydrogen (secondary N) is 1. The third-order valence-electron chi connectivity index (χ3n) is 3.25. The molecular weight excluding hydrogens is 288 g/mol. The first-order chi connectivity index (χ1) is 10.1. The summed E-state index contributed by atoms with van der Waals surface area (Å²) in [7, 11) is 0. The summed E-state index contributed by atoms with van der Waals surface area (Å²) >= 11 is 6.01. The maximum Gasteiger partial charge on any atom is 0.261 e. The smallest absolute Gasteiger partial charge is 0.261 e. The van der Waals surface area contributed by atoms with Crippen molar-refractivity contribution in [1.29, 1.82) is 0 Å². The van der Waals surface area contributed by atoms with Crippen molar-refractivity contribution in [1.82, 2.24) is 9.97 Å². The van der Waals surface area contributed by atoms with Crippen LogP contribution in [0.1, 0.15) is 17.3 Å². The summed E-state index contributed by atoms with van der Waals surface area (Å²) in [5, 5.41) is 1.10. The Kier molecular flexibility index (Phi) is 3.31. The van der Waals surface area contributed by atoms with Crippen molar-refractivity contribution < 1.29 is 4.79 Å². The number of halogens is 1. The minimum atomic E-state index is -0.441. The molecule has 0 saturated heterocycles. The van der Waals surface area contributed by atoms with E-state index < -0.39 is 5.56 Å². The lowest BCUT2D eigenvalue weighted by atomic mass is 9.96. The lowest BCUT2D eigenvalue weighted by molar-refractivity contribution is 0.101. The number of benzene rings is 1. The second kappa shape index (κ2) is 5.14. The molecule has 1 aromatic carbocycles. The maximum absolute atomic E-state index is 12.2. The third kappa shape index (κ3) is 2.34. The van der Waals surface area contributed by atoms with Crippen LogP contribution in [0.5, 0.6) is 0 Å². The highest BCUT2D eigenvalue weighted by Gasteiger charge is 2.18. The molecule has 1 N–H and O–H groups in total. The Bertz CT molecular complexity index is 901. The predicted octanol–water partition coefficient (Wildman–Crippen LogP) is 3.45. The molecular formula is C16H11ClN2O2. The Morgan fingerprint density at radius 3 is 2.62 bits per heavy atom. The van der Waals surface area contributed by atoms with Gasteiger partial charge in [-0.05, 0) is 18.6 Å². The number of Topliss-reactive ketones (excluding diaryl/α,β-unsaturated/α-hetero) is 1. The monoisotopic (exact) mass is 298 g/mol. The zero-order valence-corrected chi connectivity index (χ0v) is 11.9.